The summed E-state index contributed by atoms with van der Waals surface area (Å²) in [5, 5.41) is 3.53. The molecular formula is C16H25N3O. The molecule has 1 aromatic heterocycles. The van der Waals surface area contributed by atoms with Gasteiger partial charge in [-0.25, -0.2) is 4.98 Å². The van der Waals surface area contributed by atoms with Gasteiger partial charge in [0.25, 0.3) is 0 Å². The van der Waals surface area contributed by atoms with Gasteiger partial charge in [-0.05, 0) is 51.3 Å². The van der Waals surface area contributed by atoms with Crippen molar-refractivity contribution in [3.8, 4) is 0 Å². The van der Waals surface area contributed by atoms with Gasteiger partial charge in [0.15, 0.2) is 0 Å². The van der Waals surface area contributed by atoms with Gasteiger partial charge >= 0.3 is 0 Å². The number of fused-ring (bicyclic) bond motifs is 2. The minimum Gasteiger partial charge on any atom is -0.371 e. The molecule has 110 valence electrons. The number of nitrogens with zero attached hydrogens (tertiary/aromatic N) is 2. The summed E-state index contributed by atoms with van der Waals surface area (Å²) >= 11 is 0. The molecule has 2 aliphatic rings. The fourth-order valence-electron chi connectivity index (χ4n) is 2.91. The maximum atomic E-state index is 5.89. The second-order valence-electron chi connectivity index (χ2n) is 6.99. The van der Waals surface area contributed by atoms with E-state index in [9.17, 15) is 0 Å². The van der Waals surface area contributed by atoms with Crippen LogP contribution in [0.4, 0.5) is 5.82 Å². The molecular weight excluding hydrogens is 250 g/mol. The van der Waals surface area contributed by atoms with Crippen molar-refractivity contribution >= 4 is 5.82 Å². The summed E-state index contributed by atoms with van der Waals surface area (Å²) in [6, 6.07) is 4.31. The van der Waals surface area contributed by atoms with Crippen molar-refractivity contribution in [2.75, 3.05) is 18.0 Å². The predicted molar refractivity (Wildman–Crippen MR) is 80.9 cm³/mol. The Morgan fingerprint density at radius 3 is 2.65 bits per heavy atom. The quantitative estimate of drug-likeness (QED) is 0.919. The van der Waals surface area contributed by atoms with Crippen molar-refractivity contribution in [3.63, 3.8) is 0 Å². The van der Waals surface area contributed by atoms with E-state index in [0.29, 0.717) is 12.2 Å². The molecule has 0 aromatic carbocycles. The number of nitrogens with one attached hydrogen (secondary N) is 1. The van der Waals surface area contributed by atoms with Crippen molar-refractivity contribution in [1.82, 2.24) is 10.3 Å². The highest BCUT2D eigenvalue weighted by Gasteiger charge is 2.34. The van der Waals surface area contributed by atoms with E-state index in [4.69, 9.17) is 4.74 Å². The number of hydrogen-bond acceptors (Lipinski definition) is 4. The van der Waals surface area contributed by atoms with Crippen molar-refractivity contribution in [1.29, 1.82) is 0 Å². The van der Waals surface area contributed by atoms with E-state index in [-0.39, 0.29) is 5.54 Å². The Bertz CT molecular complexity index is 457. The Kier molecular flexibility index (Phi) is 3.69. The normalized spacial score (nSPS) is 26.1. The minimum absolute atomic E-state index is 0.140. The first kappa shape index (κ1) is 13.8. The van der Waals surface area contributed by atoms with E-state index in [0.717, 1.165) is 25.5 Å². The molecule has 4 heteroatoms. The van der Waals surface area contributed by atoms with Crippen LogP contribution in [0.15, 0.2) is 18.3 Å². The number of anilines is 1. The fourth-order valence-corrected chi connectivity index (χ4v) is 2.91. The zero-order valence-electron chi connectivity index (χ0n) is 12.7. The molecule has 3 rings (SSSR count). The molecule has 2 unspecified atom stereocenters. The van der Waals surface area contributed by atoms with Crippen LogP contribution in [0.25, 0.3) is 0 Å². The second kappa shape index (κ2) is 5.34. The zero-order chi connectivity index (χ0) is 14.2. The molecule has 2 fully saturated rings. The van der Waals surface area contributed by atoms with E-state index in [1.165, 1.54) is 18.4 Å². The van der Waals surface area contributed by atoms with E-state index < -0.39 is 0 Å². The summed E-state index contributed by atoms with van der Waals surface area (Å²) in [5.41, 5.74) is 1.44. The smallest absolute Gasteiger partial charge is 0.128 e. The first-order chi connectivity index (χ1) is 9.49. The fraction of sp³-hybridized carbons (Fsp3) is 0.688. The third kappa shape index (κ3) is 3.30. The number of morpholine rings is 1. The Labute approximate surface area is 121 Å². The van der Waals surface area contributed by atoms with E-state index in [1.807, 2.05) is 6.20 Å². The van der Waals surface area contributed by atoms with Crippen molar-refractivity contribution in [2.45, 2.75) is 57.9 Å². The highest BCUT2D eigenvalue weighted by Crippen LogP contribution is 2.28. The third-order valence-corrected chi connectivity index (χ3v) is 4.00. The molecule has 4 nitrogen and oxygen atoms in total. The molecule has 0 amide bonds. The molecule has 20 heavy (non-hydrogen) atoms. The molecule has 0 radical (unpaired) electrons. The molecule has 2 aliphatic heterocycles. The Hall–Kier alpha value is -1.13. The van der Waals surface area contributed by atoms with Gasteiger partial charge < -0.3 is 15.0 Å². The van der Waals surface area contributed by atoms with Gasteiger partial charge in [-0.3, -0.25) is 0 Å². The molecule has 2 atom stereocenters. The van der Waals surface area contributed by atoms with Crippen LogP contribution in [-0.4, -0.2) is 35.8 Å². The van der Waals surface area contributed by atoms with Gasteiger partial charge in [-0.15, -0.1) is 0 Å². The predicted octanol–water partition coefficient (Wildman–Crippen LogP) is 2.34. The monoisotopic (exact) mass is 275 g/mol. The van der Waals surface area contributed by atoms with Crippen molar-refractivity contribution in [2.24, 2.45) is 0 Å². The summed E-state index contributed by atoms with van der Waals surface area (Å²) in [6.45, 7) is 9.42. The molecule has 2 saturated heterocycles. The summed E-state index contributed by atoms with van der Waals surface area (Å²) in [4.78, 5) is 6.93. The number of rotatable bonds is 3. The van der Waals surface area contributed by atoms with Crippen LogP contribution in [0.2, 0.25) is 0 Å². The lowest BCUT2D eigenvalue weighted by atomic mass is 10.1. The van der Waals surface area contributed by atoms with Gasteiger partial charge in [-0.1, -0.05) is 0 Å². The van der Waals surface area contributed by atoms with Crippen LogP contribution >= 0.6 is 0 Å². The molecule has 1 N–H and O–H groups in total. The number of pyridine rings is 1. The number of ether oxygens (including phenoxy) is 1. The second-order valence-corrected chi connectivity index (χ2v) is 6.99. The van der Waals surface area contributed by atoms with Gasteiger partial charge in [-0.2, -0.15) is 0 Å². The van der Waals surface area contributed by atoms with Crippen LogP contribution in [0, 0.1) is 0 Å². The van der Waals surface area contributed by atoms with Crippen LogP contribution < -0.4 is 10.2 Å². The average molecular weight is 275 g/mol. The largest absolute Gasteiger partial charge is 0.371 e. The van der Waals surface area contributed by atoms with E-state index >= 15 is 0 Å². The molecule has 0 aliphatic carbocycles. The SMILES string of the molecule is CC(C)(C)NCc1ccnc(N2CC3CCC(C2)O3)c1. The van der Waals surface area contributed by atoms with Crippen LogP contribution in [0.1, 0.15) is 39.2 Å². The standard InChI is InChI=1S/C16H25N3O/c1-16(2,3)18-9-12-6-7-17-15(8-12)19-10-13-4-5-14(11-19)20-13/h6-8,13-14,18H,4-5,9-11H2,1-3H3. The Morgan fingerprint density at radius 2 is 2.00 bits per heavy atom. The number of hydrogen-bond donors (Lipinski definition) is 1. The summed E-state index contributed by atoms with van der Waals surface area (Å²) in [6.07, 6.45) is 5.14. The van der Waals surface area contributed by atoms with Gasteiger partial charge in [0, 0.05) is 31.4 Å². The van der Waals surface area contributed by atoms with Crippen molar-refractivity contribution < 1.29 is 4.74 Å². The Balaban J connectivity index is 1.68. The third-order valence-electron chi connectivity index (χ3n) is 4.00. The highest BCUT2D eigenvalue weighted by molar-refractivity contribution is 5.42. The Morgan fingerprint density at radius 1 is 1.30 bits per heavy atom. The lowest BCUT2D eigenvalue weighted by Gasteiger charge is -2.33. The molecule has 1 aromatic rings. The first-order valence-electron chi connectivity index (χ1n) is 7.60. The van der Waals surface area contributed by atoms with E-state index in [1.54, 1.807) is 0 Å². The van der Waals surface area contributed by atoms with Gasteiger partial charge in [0.2, 0.25) is 0 Å². The topological polar surface area (TPSA) is 37.4 Å². The van der Waals surface area contributed by atoms with Crippen LogP contribution in [-0.2, 0) is 11.3 Å². The average Bonchev–Trinajstić information content (AvgIpc) is 2.75. The summed E-state index contributed by atoms with van der Waals surface area (Å²) in [7, 11) is 0. The maximum Gasteiger partial charge on any atom is 0.128 e. The summed E-state index contributed by atoms with van der Waals surface area (Å²) in [5.74, 6) is 1.10. The minimum atomic E-state index is 0.140. The van der Waals surface area contributed by atoms with Crippen molar-refractivity contribution in [3.05, 3.63) is 23.9 Å². The van der Waals surface area contributed by atoms with Gasteiger partial charge in [0.1, 0.15) is 5.82 Å². The first-order valence-corrected chi connectivity index (χ1v) is 7.60. The van der Waals surface area contributed by atoms with Gasteiger partial charge in [0.05, 0.1) is 12.2 Å². The van der Waals surface area contributed by atoms with E-state index in [2.05, 4.69) is 48.1 Å². The molecule has 2 bridgehead atoms. The summed E-state index contributed by atoms with van der Waals surface area (Å²) < 4.78 is 5.89. The molecule has 0 saturated carbocycles. The molecule has 0 spiro atoms. The zero-order valence-corrected chi connectivity index (χ0v) is 12.7. The van der Waals surface area contributed by atoms with Crippen LogP contribution in [0.3, 0.4) is 0 Å². The van der Waals surface area contributed by atoms with Crippen LogP contribution in [0.5, 0.6) is 0 Å². The molecule has 3 heterocycles. The highest BCUT2D eigenvalue weighted by atomic mass is 16.5. The lowest BCUT2D eigenvalue weighted by Crippen LogP contribution is -2.43. The number of aromatic nitrogens is 1. The maximum absolute atomic E-state index is 5.89. The lowest BCUT2D eigenvalue weighted by molar-refractivity contribution is 0.0302.